The van der Waals surface area contributed by atoms with Crippen molar-refractivity contribution in [1.29, 1.82) is 0 Å². The fourth-order valence-corrected chi connectivity index (χ4v) is 3.57. The molecule has 1 aliphatic carbocycles. The minimum absolute atomic E-state index is 0.0293. The van der Waals surface area contributed by atoms with Crippen LogP contribution in [0, 0.1) is 12.8 Å². The van der Waals surface area contributed by atoms with Crippen LogP contribution in [0.4, 0.5) is 0 Å². The molecule has 1 saturated heterocycles. The average Bonchev–Trinajstić information content (AvgIpc) is 2.85. The Morgan fingerprint density at radius 2 is 2.00 bits per heavy atom. The summed E-state index contributed by atoms with van der Waals surface area (Å²) in [7, 11) is 0. The summed E-state index contributed by atoms with van der Waals surface area (Å²) < 4.78 is 5.71. The Bertz CT molecular complexity index is 675. The molecule has 2 atom stereocenters. The van der Waals surface area contributed by atoms with Gasteiger partial charge in [0.1, 0.15) is 5.76 Å². The quantitative estimate of drug-likeness (QED) is 0.904. The minimum Gasteiger partial charge on any atom is -0.481 e. The molecule has 0 saturated carbocycles. The number of hydrogen-bond acceptors (Lipinski definition) is 4. The maximum absolute atomic E-state index is 12.9. The lowest BCUT2D eigenvalue weighted by atomic mass is 9.92. The number of carbonyl (C=O) groups is 3. The van der Waals surface area contributed by atoms with Crippen LogP contribution >= 0.6 is 0 Å². The number of Topliss-reactive ketones (excluding diaryl/α,β-unsaturated/α-hetero) is 1. The molecule has 2 heterocycles. The van der Waals surface area contributed by atoms with Gasteiger partial charge in [-0.1, -0.05) is 0 Å². The summed E-state index contributed by atoms with van der Waals surface area (Å²) in [5.74, 6) is -0.892. The first-order chi connectivity index (χ1) is 10.9. The Hall–Kier alpha value is -2.11. The van der Waals surface area contributed by atoms with Crippen LogP contribution in [0.2, 0.25) is 0 Å². The molecule has 6 heteroatoms. The molecule has 1 aromatic rings. The lowest BCUT2D eigenvalue weighted by Crippen LogP contribution is -2.47. The smallest absolute Gasteiger partial charge is 0.308 e. The molecule has 2 unspecified atom stereocenters. The third-order valence-electron chi connectivity index (χ3n) is 4.99. The second-order valence-electron chi connectivity index (χ2n) is 6.55. The van der Waals surface area contributed by atoms with Crippen LogP contribution < -0.4 is 0 Å². The third-order valence-corrected chi connectivity index (χ3v) is 4.99. The lowest BCUT2D eigenvalue weighted by molar-refractivity contribution is -0.143. The van der Waals surface area contributed by atoms with Gasteiger partial charge in [0.2, 0.25) is 0 Å². The number of carboxylic acids is 1. The van der Waals surface area contributed by atoms with Crippen LogP contribution in [-0.2, 0) is 11.2 Å². The van der Waals surface area contributed by atoms with Gasteiger partial charge in [-0.2, -0.15) is 0 Å². The van der Waals surface area contributed by atoms with Gasteiger partial charge in [-0.3, -0.25) is 14.4 Å². The number of aryl methyl sites for hydroxylation is 1. The van der Waals surface area contributed by atoms with Crippen molar-refractivity contribution in [2.24, 2.45) is 5.92 Å². The number of piperidine rings is 1. The highest BCUT2D eigenvalue weighted by Crippen LogP contribution is 2.32. The summed E-state index contributed by atoms with van der Waals surface area (Å²) in [6, 6.07) is -0.0321. The molecule has 1 aliphatic heterocycles. The predicted molar refractivity (Wildman–Crippen MR) is 81.6 cm³/mol. The molecule has 2 aliphatic rings. The lowest BCUT2D eigenvalue weighted by Gasteiger charge is -2.36. The van der Waals surface area contributed by atoms with Gasteiger partial charge in [-0.15, -0.1) is 0 Å². The summed E-state index contributed by atoms with van der Waals surface area (Å²) in [6.45, 7) is 3.84. The number of furan rings is 1. The van der Waals surface area contributed by atoms with E-state index in [1.54, 1.807) is 11.8 Å². The van der Waals surface area contributed by atoms with Gasteiger partial charge in [0.15, 0.2) is 11.5 Å². The predicted octanol–water partition coefficient (Wildman–Crippen LogP) is 2.43. The van der Waals surface area contributed by atoms with Crippen molar-refractivity contribution < 1.29 is 23.9 Å². The van der Waals surface area contributed by atoms with E-state index in [-0.39, 0.29) is 30.0 Å². The monoisotopic (exact) mass is 319 g/mol. The maximum Gasteiger partial charge on any atom is 0.308 e. The molecule has 3 rings (SSSR count). The van der Waals surface area contributed by atoms with Crippen molar-refractivity contribution >= 4 is 17.7 Å². The fourth-order valence-electron chi connectivity index (χ4n) is 3.57. The Kier molecular flexibility index (Phi) is 4.00. The molecule has 23 heavy (non-hydrogen) atoms. The molecule has 1 amide bonds. The minimum atomic E-state index is -0.875. The van der Waals surface area contributed by atoms with Gasteiger partial charge < -0.3 is 14.4 Å². The van der Waals surface area contributed by atoms with Crippen LogP contribution in [0.5, 0.6) is 0 Å². The summed E-state index contributed by atoms with van der Waals surface area (Å²) in [5, 5.41) is 9.21. The summed E-state index contributed by atoms with van der Waals surface area (Å²) in [5.41, 5.74) is 1.15. The molecule has 0 spiro atoms. The number of carboxylic acid groups (broad SMARTS) is 1. The van der Waals surface area contributed by atoms with Gasteiger partial charge in [-0.05, 0) is 33.1 Å². The van der Waals surface area contributed by atoms with Crippen LogP contribution in [0.15, 0.2) is 4.42 Å². The fraction of sp³-hybridized carbons (Fsp3) is 0.588. The number of aliphatic carboxylic acids is 1. The van der Waals surface area contributed by atoms with Gasteiger partial charge in [0.25, 0.3) is 5.91 Å². The number of amides is 1. The van der Waals surface area contributed by atoms with E-state index in [4.69, 9.17) is 4.42 Å². The summed E-state index contributed by atoms with van der Waals surface area (Å²) >= 11 is 0. The van der Waals surface area contributed by atoms with E-state index in [1.807, 2.05) is 6.92 Å². The van der Waals surface area contributed by atoms with Crippen LogP contribution in [0.1, 0.15) is 64.8 Å². The van der Waals surface area contributed by atoms with E-state index >= 15 is 0 Å². The molecule has 0 radical (unpaired) electrons. The summed E-state index contributed by atoms with van der Waals surface area (Å²) in [6.07, 6.45) is 3.13. The maximum atomic E-state index is 12.9. The first-order valence-corrected chi connectivity index (χ1v) is 8.09. The zero-order valence-corrected chi connectivity index (χ0v) is 13.4. The molecule has 124 valence electrons. The molecule has 1 aromatic heterocycles. The second kappa shape index (κ2) is 5.83. The molecular formula is C17H21NO5. The van der Waals surface area contributed by atoms with E-state index in [2.05, 4.69) is 0 Å². The number of ketones is 1. The van der Waals surface area contributed by atoms with Crippen molar-refractivity contribution in [2.75, 3.05) is 6.54 Å². The second-order valence-corrected chi connectivity index (χ2v) is 6.55. The van der Waals surface area contributed by atoms with E-state index in [1.165, 1.54) is 0 Å². The van der Waals surface area contributed by atoms with Crippen molar-refractivity contribution in [2.45, 2.75) is 52.0 Å². The Balaban J connectivity index is 1.91. The van der Waals surface area contributed by atoms with Crippen LogP contribution in [-0.4, -0.2) is 40.3 Å². The highest BCUT2D eigenvalue weighted by atomic mass is 16.4. The standard InChI is InChI=1S/C17H21NO5/c1-9-6-7-11(17(21)22)8-18(9)16(20)15-10(2)14-12(19)4-3-5-13(14)23-15/h9,11H,3-8H2,1-2H3,(H,21,22). The molecule has 1 N–H and O–H groups in total. The van der Waals surface area contributed by atoms with Gasteiger partial charge in [-0.25, -0.2) is 0 Å². The van der Waals surface area contributed by atoms with E-state index in [0.29, 0.717) is 42.6 Å². The zero-order valence-electron chi connectivity index (χ0n) is 13.4. The third kappa shape index (κ3) is 2.66. The van der Waals surface area contributed by atoms with Crippen molar-refractivity contribution in [1.82, 2.24) is 4.90 Å². The molecule has 1 fully saturated rings. The molecule has 0 aromatic carbocycles. The first kappa shape index (κ1) is 15.8. The topological polar surface area (TPSA) is 87.8 Å². The molecular weight excluding hydrogens is 298 g/mol. The van der Waals surface area contributed by atoms with E-state index < -0.39 is 11.9 Å². The number of likely N-dealkylation sites (tertiary alicyclic amines) is 1. The molecule has 0 bridgehead atoms. The number of hydrogen-bond donors (Lipinski definition) is 1. The van der Waals surface area contributed by atoms with Gasteiger partial charge in [0, 0.05) is 31.0 Å². The highest BCUT2D eigenvalue weighted by Gasteiger charge is 2.36. The van der Waals surface area contributed by atoms with Crippen molar-refractivity contribution in [3.63, 3.8) is 0 Å². The normalized spacial score (nSPS) is 24.4. The van der Waals surface area contributed by atoms with Crippen LogP contribution in [0.3, 0.4) is 0 Å². The Labute approximate surface area is 134 Å². The SMILES string of the molecule is Cc1c(C(=O)N2CC(C(=O)O)CCC2C)oc2c1C(=O)CCC2. The first-order valence-electron chi connectivity index (χ1n) is 8.09. The van der Waals surface area contributed by atoms with E-state index in [9.17, 15) is 19.5 Å². The number of nitrogens with zero attached hydrogens (tertiary/aromatic N) is 1. The Morgan fingerprint density at radius 1 is 1.26 bits per heavy atom. The van der Waals surface area contributed by atoms with Gasteiger partial charge >= 0.3 is 5.97 Å². The van der Waals surface area contributed by atoms with Crippen molar-refractivity contribution in [3.05, 3.63) is 22.6 Å². The van der Waals surface area contributed by atoms with Crippen LogP contribution in [0.25, 0.3) is 0 Å². The van der Waals surface area contributed by atoms with Crippen molar-refractivity contribution in [3.8, 4) is 0 Å². The van der Waals surface area contributed by atoms with E-state index in [0.717, 1.165) is 6.42 Å². The van der Waals surface area contributed by atoms with Gasteiger partial charge in [0.05, 0.1) is 11.5 Å². The average molecular weight is 319 g/mol. The largest absolute Gasteiger partial charge is 0.481 e. The number of rotatable bonds is 2. The summed E-state index contributed by atoms with van der Waals surface area (Å²) in [4.78, 5) is 37.7. The number of carbonyl (C=O) groups excluding carboxylic acids is 2. The highest BCUT2D eigenvalue weighted by molar-refractivity contribution is 6.03. The zero-order chi connectivity index (χ0) is 16.7. The molecule has 6 nitrogen and oxygen atoms in total. The number of fused-ring (bicyclic) bond motifs is 1. The Morgan fingerprint density at radius 3 is 2.65 bits per heavy atom.